The summed E-state index contributed by atoms with van der Waals surface area (Å²) in [5.74, 6) is -1.27. The van der Waals surface area contributed by atoms with Crippen LogP contribution in [0.5, 0.6) is 5.75 Å². The number of alkyl halides is 2. The van der Waals surface area contributed by atoms with Crippen molar-refractivity contribution >= 4 is 33.2 Å². The fourth-order valence-electron chi connectivity index (χ4n) is 2.90. The molecule has 174 valence electrons. The predicted molar refractivity (Wildman–Crippen MR) is 118 cm³/mol. The summed E-state index contributed by atoms with van der Waals surface area (Å²) in [5, 5.41) is 2.65. The first-order chi connectivity index (χ1) is 15.5. The lowest BCUT2D eigenvalue weighted by atomic mass is 10.1. The minimum absolute atomic E-state index is 0.00946. The normalized spacial score (nSPS) is 12.3. The van der Waals surface area contributed by atoms with E-state index < -0.39 is 34.4 Å². The van der Waals surface area contributed by atoms with E-state index >= 15 is 0 Å². The van der Waals surface area contributed by atoms with Crippen molar-refractivity contribution in [2.75, 3.05) is 4.72 Å². The van der Waals surface area contributed by atoms with Crippen LogP contribution >= 0.6 is 11.6 Å². The van der Waals surface area contributed by atoms with Gasteiger partial charge in [-0.05, 0) is 67.1 Å². The highest BCUT2D eigenvalue weighted by Crippen LogP contribution is 2.25. The molecule has 33 heavy (non-hydrogen) atoms. The van der Waals surface area contributed by atoms with E-state index in [1.54, 1.807) is 13.0 Å². The summed E-state index contributed by atoms with van der Waals surface area (Å²) in [5.41, 5.74) is 0.515. The van der Waals surface area contributed by atoms with Crippen molar-refractivity contribution in [1.29, 1.82) is 0 Å². The molecular formula is C22H18ClF3N2O4S. The van der Waals surface area contributed by atoms with Crippen LogP contribution in [0.15, 0.2) is 71.6 Å². The third-order valence-electron chi connectivity index (χ3n) is 4.52. The molecule has 1 unspecified atom stereocenters. The number of anilines is 1. The van der Waals surface area contributed by atoms with Crippen molar-refractivity contribution < 1.29 is 31.1 Å². The third kappa shape index (κ3) is 6.39. The lowest BCUT2D eigenvalue weighted by molar-refractivity contribution is -0.0499. The zero-order chi connectivity index (χ0) is 24.2. The van der Waals surface area contributed by atoms with E-state index in [1.165, 1.54) is 42.5 Å². The Morgan fingerprint density at radius 1 is 1.03 bits per heavy atom. The van der Waals surface area contributed by atoms with Crippen LogP contribution in [-0.2, 0) is 10.0 Å². The van der Waals surface area contributed by atoms with Crippen LogP contribution < -0.4 is 14.8 Å². The van der Waals surface area contributed by atoms with Gasteiger partial charge in [0, 0.05) is 5.69 Å². The van der Waals surface area contributed by atoms with Gasteiger partial charge < -0.3 is 10.1 Å². The Hall–Kier alpha value is -3.24. The number of nitrogens with one attached hydrogen (secondary N) is 2. The Balaban J connectivity index is 1.79. The van der Waals surface area contributed by atoms with Crippen LogP contribution in [-0.4, -0.2) is 20.9 Å². The molecule has 3 rings (SSSR count). The van der Waals surface area contributed by atoms with E-state index in [1.807, 2.05) is 0 Å². The molecule has 1 amide bonds. The molecule has 2 N–H and O–H groups in total. The van der Waals surface area contributed by atoms with Gasteiger partial charge in [-0.2, -0.15) is 8.78 Å². The second kappa shape index (κ2) is 10.1. The van der Waals surface area contributed by atoms with Crippen molar-refractivity contribution in [3.05, 3.63) is 88.7 Å². The average Bonchev–Trinajstić information content (AvgIpc) is 2.75. The minimum Gasteiger partial charge on any atom is -0.435 e. The monoisotopic (exact) mass is 498 g/mol. The molecule has 0 saturated heterocycles. The summed E-state index contributed by atoms with van der Waals surface area (Å²) in [4.78, 5) is 12.5. The summed E-state index contributed by atoms with van der Waals surface area (Å²) >= 11 is 6.11. The van der Waals surface area contributed by atoms with Gasteiger partial charge in [0.15, 0.2) is 0 Å². The molecule has 0 bridgehead atoms. The number of halogens is 4. The molecule has 3 aromatic carbocycles. The molecule has 0 aliphatic heterocycles. The molecule has 0 aliphatic rings. The van der Waals surface area contributed by atoms with E-state index in [2.05, 4.69) is 14.8 Å². The van der Waals surface area contributed by atoms with Crippen molar-refractivity contribution in [2.24, 2.45) is 0 Å². The smallest absolute Gasteiger partial charge is 0.387 e. The Bertz CT molecular complexity index is 1250. The van der Waals surface area contributed by atoms with Crippen LogP contribution in [0.1, 0.15) is 28.9 Å². The topological polar surface area (TPSA) is 84.5 Å². The molecule has 0 heterocycles. The van der Waals surface area contributed by atoms with Gasteiger partial charge in [0.05, 0.1) is 21.5 Å². The molecule has 1 atom stereocenters. The van der Waals surface area contributed by atoms with Gasteiger partial charge in [-0.3, -0.25) is 9.52 Å². The van der Waals surface area contributed by atoms with Gasteiger partial charge in [0.25, 0.3) is 15.9 Å². The Kier molecular flexibility index (Phi) is 7.50. The molecule has 0 aliphatic carbocycles. The second-order valence-corrected chi connectivity index (χ2v) is 8.99. The van der Waals surface area contributed by atoms with Crippen LogP contribution in [0.25, 0.3) is 0 Å². The first kappa shape index (κ1) is 24.4. The van der Waals surface area contributed by atoms with Gasteiger partial charge in [-0.1, -0.05) is 23.7 Å². The molecule has 0 saturated carbocycles. The summed E-state index contributed by atoms with van der Waals surface area (Å²) in [6.07, 6.45) is 0. The van der Waals surface area contributed by atoms with E-state index in [-0.39, 0.29) is 26.9 Å². The van der Waals surface area contributed by atoms with Crippen molar-refractivity contribution in [3.63, 3.8) is 0 Å². The largest absolute Gasteiger partial charge is 0.435 e. The Morgan fingerprint density at radius 2 is 1.73 bits per heavy atom. The zero-order valence-corrected chi connectivity index (χ0v) is 18.6. The number of rotatable bonds is 8. The van der Waals surface area contributed by atoms with Gasteiger partial charge in [0.2, 0.25) is 0 Å². The number of amides is 1. The maximum Gasteiger partial charge on any atom is 0.387 e. The van der Waals surface area contributed by atoms with E-state index in [0.29, 0.717) is 5.56 Å². The van der Waals surface area contributed by atoms with Crippen molar-refractivity contribution in [1.82, 2.24) is 5.32 Å². The molecule has 6 nitrogen and oxygen atoms in total. The first-order valence-electron chi connectivity index (χ1n) is 9.49. The van der Waals surface area contributed by atoms with E-state index in [9.17, 15) is 26.4 Å². The SMILES string of the molecule is CC(NC(=O)c1cc(S(=O)(=O)Nc2ccc(F)cc2)ccc1Cl)c1cccc(OC(F)F)c1. The highest BCUT2D eigenvalue weighted by Gasteiger charge is 2.21. The van der Waals surface area contributed by atoms with Crippen LogP contribution in [0, 0.1) is 5.82 Å². The third-order valence-corrected chi connectivity index (χ3v) is 6.23. The molecule has 0 radical (unpaired) electrons. The number of sulfonamides is 1. The van der Waals surface area contributed by atoms with Gasteiger partial charge >= 0.3 is 6.61 Å². The fourth-order valence-corrected chi connectivity index (χ4v) is 4.18. The van der Waals surface area contributed by atoms with Crippen LogP contribution in [0.2, 0.25) is 5.02 Å². The van der Waals surface area contributed by atoms with E-state index in [4.69, 9.17) is 11.6 Å². The number of hydrogen-bond donors (Lipinski definition) is 2. The number of ether oxygens (including phenoxy) is 1. The Morgan fingerprint density at radius 3 is 2.39 bits per heavy atom. The van der Waals surface area contributed by atoms with Gasteiger partial charge in [-0.25, -0.2) is 12.8 Å². The highest BCUT2D eigenvalue weighted by atomic mass is 35.5. The average molecular weight is 499 g/mol. The van der Waals surface area contributed by atoms with Crippen molar-refractivity contribution in [2.45, 2.75) is 24.5 Å². The molecule has 11 heteroatoms. The zero-order valence-electron chi connectivity index (χ0n) is 17.1. The molecule has 0 aromatic heterocycles. The summed E-state index contributed by atoms with van der Waals surface area (Å²) in [6.45, 7) is -1.37. The Labute approximate surface area is 193 Å². The minimum atomic E-state index is -4.10. The lowest BCUT2D eigenvalue weighted by Gasteiger charge is -2.17. The second-order valence-electron chi connectivity index (χ2n) is 6.90. The molecular weight excluding hydrogens is 481 g/mol. The summed E-state index contributed by atoms with van der Waals surface area (Å²) in [6, 6.07) is 13.5. The molecule has 3 aromatic rings. The van der Waals surface area contributed by atoms with Gasteiger partial charge in [-0.15, -0.1) is 0 Å². The maximum atomic E-state index is 13.1. The number of carbonyl (C=O) groups excluding carboxylic acids is 1. The van der Waals surface area contributed by atoms with Crippen LogP contribution in [0.4, 0.5) is 18.9 Å². The van der Waals surface area contributed by atoms with E-state index in [0.717, 1.165) is 18.2 Å². The quantitative estimate of drug-likeness (QED) is 0.437. The fraction of sp³-hybridized carbons (Fsp3) is 0.136. The highest BCUT2D eigenvalue weighted by molar-refractivity contribution is 7.92. The number of carbonyl (C=O) groups is 1. The molecule has 0 spiro atoms. The predicted octanol–water partition coefficient (Wildman–Crippen LogP) is 5.37. The number of benzene rings is 3. The first-order valence-corrected chi connectivity index (χ1v) is 11.3. The lowest BCUT2D eigenvalue weighted by Crippen LogP contribution is -2.27. The summed E-state index contributed by atoms with van der Waals surface area (Å²) < 4.78 is 70.0. The summed E-state index contributed by atoms with van der Waals surface area (Å²) in [7, 11) is -4.10. The molecule has 0 fully saturated rings. The van der Waals surface area contributed by atoms with Crippen molar-refractivity contribution in [3.8, 4) is 5.75 Å². The maximum absolute atomic E-state index is 13.1. The van der Waals surface area contributed by atoms with Crippen LogP contribution in [0.3, 0.4) is 0 Å². The van der Waals surface area contributed by atoms with Gasteiger partial charge in [0.1, 0.15) is 11.6 Å². The standard InChI is InChI=1S/C22H18ClF3N2O4S/c1-13(14-3-2-4-17(11-14)32-22(25)26)27-21(29)19-12-18(9-10-20(19)23)33(30,31)28-16-7-5-15(24)6-8-16/h2-13,22,28H,1H3,(H,27,29). The number of hydrogen-bond acceptors (Lipinski definition) is 4.